The van der Waals surface area contributed by atoms with Gasteiger partial charge < -0.3 is 24.3 Å². The van der Waals surface area contributed by atoms with E-state index in [1.54, 1.807) is 18.3 Å². The summed E-state index contributed by atoms with van der Waals surface area (Å²) in [6, 6.07) is 14.9. The van der Waals surface area contributed by atoms with Crippen molar-refractivity contribution in [3.8, 4) is 5.75 Å². The topological polar surface area (TPSA) is 70.8 Å². The first-order valence-corrected chi connectivity index (χ1v) is 11.0. The number of hydrogen-bond acceptors (Lipinski definition) is 6. The predicted octanol–water partition coefficient (Wildman–Crippen LogP) is 3.70. The zero-order chi connectivity index (χ0) is 21.6. The largest absolute Gasteiger partial charge is 0.486 e. The van der Waals surface area contributed by atoms with Gasteiger partial charge in [0.25, 0.3) is 5.91 Å². The number of carbonyl (C=O) groups is 1. The van der Waals surface area contributed by atoms with Gasteiger partial charge in [0.15, 0.2) is 5.76 Å². The van der Waals surface area contributed by atoms with Crippen LogP contribution in [-0.4, -0.2) is 49.0 Å². The Balaban J connectivity index is 1.33. The van der Waals surface area contributed by atoms with Crippen molar-refractivity contribution in [2.24, 2.45) is 0 Å². The standard InChI is InChI=1S/C23H25BrN4O3/c1-27-10-12-28(13-11-27)22-17(4-3-9-25-22)15-26-23(29)21-8-7-20(31-21)16-30-19-6-2-5-18(24)14-19/h2-9,14H,10-13,15-16H2,1H3,(H,26,29). The zero-order valence-corrected chi connectivity index (χ0v) is 19.0. The fraction of sp³-hybridized carbons (Fsp3) is 0.304. The van der Waals surface area contributed by atoms with Crippen molar-refractivity contribution in [1.29, 1.82) is 0 Å². The zero-order valence-electron chi connectivity index (χ0n) is 17.4. The number of benzene rings is 1. The highest BCUT2D eigenvalue weighted by Crippen LogP contribution is 2.21. The maximum Gasteiger partial charge on any atom is 0.287 e. The molecule has 1 aromatic carbocycles. The highest BCUT2D eigenvalue weighted by Gasteiger charge is 2.19. The number of anilines is 1. The van der Waals surface area contributed by atoms with E-state index in [9.17, 15) is 4.79 Å². The number of amides is 1. The first kappa shape index (κ1) is 21.4. The number of likely N-dealkylation sites (N-methyl/N-ethyl adjacent to an activating group) is 1. The molecule has 1 saturated heterocycles. The number of ether oxygens (including phenoxy) is 1. The Hall–Kier alpha value is -2.84. The fourth-order valence-corrected chi connectivity index (χ4v) is 3.80. The van der Waals surface area contributed by atoms with E-state index in [2.05, 4.69) is 43.1 Å². The van der Waals surface area contributed by atoms with E-state index in [1.165, 1.54) is 0 Å². The van der Waals surface area contributed by atoms with Gasteiger partial charge in [-0.15, -0.1) is 0 Å². The molecule has 0 unspecified atom stereocenters. The lowest BCUT2D eigenvalue weighted by molar-refractivity contribution is 0.0919. The molecule has 0 bridgehead atoms. The predicted molar refractivity (Wildman–Crippen MR) is 122 cm³/mol. The maximum atomic E-state index is 12.6. The number of rotatable bonds is 7. The van der Waals surface area contributed by atoms with Crippen molar-refractivity contribution in [2.75, 3.05) is 38.1 Å². The number of nitrogens with one attached hydrogen (secondary N) is 1. The average molecular weight is 485 g/mol. The molecule has 0 radical (unpaired) electrons. The highest BCUT2D eigenvalue weighted by atomic mass is 79.9. The number of pyridine rings is 1. The van der Waals surface area contributed by atoms with E-state index >= 15 is 0 Å². The van der Waals surface area contributed by atoms with Gasteiger partial charge in [-0.3, -0.25) is 4.79 Å². The summed E-state index contributed by atoms with van der Waals surface area (Å²) in [5, 5.41) is 2.94. The van der Waals surface area contributed by atoms with Crippen LogP contribution in [0.3, 0.4) is 0 Å². The third kappa shape index (κ3) is 5.65. The molecule has 0 saturated carbocycles. The summed E-state index contributed by atoms with van der Waals surface area (Å²) in [5.41, 5.74) is 0.991. The first-order chi connectivity index (χ1) is 15.1. The van der Waals surface area contributed by atoms with Crippen LogP contribution >= 0.6 is 15.9 Å². The molecule has 0 aliphatic carbocycles. The van der Waals surface area contributed by atoms with Gasteiger partial charge in [-0.2, -0.15) is 0 Å². The lowest BCUT2D eigenvalue weighted by Gasteiger charge is -2.34. The molecule has 1 aliphatic rings. The average Bonchev–Trinajstić information content (AvgIpc) is 3.26. The molecular formula is C23H25BrN4O3. The molecule has 1 aliphatic heterocycles. The molecule has 1 N–H and O–H groups in total. The van der Waals surface area contributed by atoms with Gasteiger partial charge >= 0.3 is 0 Å². The summed E-state index contributed by atoms with van der Waals surface area (Å²) >= 11 is 3.42. The quantitative estimate of drug-likeness (QED) is 0.551. The highest BCUT2D eigenvalue weighted by molar-refractivity contribution is 9.10. The van der Waals surface area contributed by atoms with Crippen molar-refractivity contribution in [3.05, 3.63) is 76.3 Å². The minimum absolute atomic E-state index is 0.250. The molecule has 4 rings (SSSR count). The van der Waals surface area contributed by atoms with Gasteiger partial charge in [0.05, 0.1) is 0 Å². The Morgan fingerprint density at radius 2 is 2.00 bits per heavy atom. The van der Waals surface area contributed by atoms with Gasteiger partial charge in [0.2, 0.25) is 0 Å². The number of aromatic nitrogens is 1. The lowest BCUT2D eigenvalue weighted by atomic mass is 10.2. The van der Waals surface area contributed by atoms with Crippen molar-refractivity contribution >= 4 is 27.7 Å². The summed E-state index contributed by atoms with van der Waals surface area (Å²) in [4.78, 5) is 21.7. The second kappa shape index (κ2) is 9.98. The molecule has 8 heteroatoms. The molecule has 31 heavy (non-hydrogen) atoms. The van der Waals surface area contributed by atoms with E-state index in [1.807, 2.05) is 36.4 Å². The van der Waals surface area contributed by atoms with Crippen molar-refractivity contribution in [3.63, 3.8) is 0 Å². The summed E-state index contributed by atoms with van der Waals surface area (Å²) in [7, 11) is 2.12. The van der Waals surface area contributed by atoms with Crippen molar-refractivity contribution < 1.29 is 13.9 Å². The van der Waals surface area contributed by atoms with Crippen LogP contribution in [0.15, 0.2) is 63.6 Å². The smallest absolute Gasteiger partial charge is 0.287 e. The van der Waals surface area contributed by atoms with Crippen molar-refractivity contribution in [2.45, 2.75) is 13.2 Å². The Kier molecular flexibility index (Phi) is 6.89. The second-order valence-corrected chi connectivity index (χ2v) is 8.39. The Labute approximate surface area is 190 Å². The Morgan fingerprint density at radius 3 is 2.81 bits per heavy atom. The Morgan fingerprint density at radius 1 is 1.16 bits per heavy atom. The van der Waals surface area contributed by atoms with Gasteiger partial charge in [0.1, 0.15) is 23.9 Å². The second-order valence-electron chi connectivity index (χ2n) is 7.47. The Bertz CT molecular complexity index is 1030. The molecule has 3 heterocycles. The summed E-state index contributed by atoms with van der Waals surface area (Å²) in [6.07, 6.45) is 1.79. The van der Waals surface area contributed by atoms with Gasteiger partial charge in [-0.1, -0.05) is 28.1 Å². The van der Waals surface area contributed by atoms with E-state index in [0.29, 0.717) is 12.3 Å². The summed E-state index contributed by atoms with van der Waals surface area (Å²) < 4.78 is 12.3. The summed E-state index contributed by atoms with van der Waals surface area (Å²) in [6.45, 7) is 4.49. The van der Waals surface area contributed by atoms with E-state index in [4.69, 9.17) is 9.15 Å². The van der Waals surface area contributed by atoms with Crippen LogP contribution in [-0.2, 0) is 13.2 Å². The van der Waals surface area contributed by atoms with Crippen LogP contribution in [0.25, 0.3) is 0 Å². The molecule has 0 spiro atoms. The summed E-state index contributed by atoms with van der Waals surface area (Å²) in [5.74, 6) is 2.24. The number of halogens is 1. The van der Waals surface area contributed by atoms with E-state index in [0.717, 1.165) is 47.8 Å². The molecule has 2 aromatic heterocycles. The normalized spacial score (nSPS) is 14.5. The molecule has 3 aromatic rings. The monoisotopic (exact) mass is 484 g/mol. The SMILES string of the molecule is CN1CCN(c2ncccc2CNC(=O)c2ccc(COc3cccc(Br)c3)o2)CC1. The van der Waals surface area contributed by atoms with Gasteiger partial charge in [-0.25, -0.2) is 4.98 Å². The number of piperazine rings is 1. The maximum absolute atomic E-state index is 12.6. The third-order valence-corrected chi connectivity index (χ3v) is 5.67. The van der Waals surface area contributed by atoms with Crippen molar-refractivity contribution in [1.82, 2.24) is 15.2 Å². The van der Waals surface area contributed by atoms with E-state index < -0.39 is 0 Å². The van der Waals surface area contributed by atoms with Gasteiger partial charge in [0, 0.05) is 49.0 Å². The van der Waals surface area contributed by atoms with Crippen LogP contribution in [0, 0.1) is 0 Å². The van der Waals surface area contributed by atoms with Crippen LogP contribution in [0.1, 0.15) is 21.9 Å². The van der Waals surface area contributed by atoms with E-state index in [-0.39, 0.29) is 18.3 Å². The molecular weight excluding hydrogens is 460 g/mol. The lowest BCUT2D eigenvalue weighted by Crippen LogP contribution is -2.45. The molecule has 0 atom stereocenters. The number of hydrogen-bond donors (Lipinski definition) is 1. The van der Waals surface area contributed by atoms with Crippen LogP contribution < -0.4 is 15.0 Å². The minimum atomic E-state index is -0.262. The number of carbonyl (C=O) groups excluding carboxylic acids is 1. The fourth-order valence-electron chi connectivity index (χ4n) is 3.42. The molecule has 7 nitrogen and oxygen atoms in total. The molecule has 1 fully saturated rings. The van der Waals surface area contributed by atoms with Crippen LogP contribution in [0.5, 0.6) is 5.75 Å². The molecule has 162 valence electrons. The minimum Gasteiger partial charge on any atom is -0.486 e. The number of nitrogens with zero attached hydrogens (tertiary/aromatic N) is 3. The van der Waals surface area contributed by atoms with Gasteiger partial charge in [-0.05, 0) is 43.4 Å². The molecule has 1 amide bonds. The first-order valence-electron chi connectivity index (χ1n) is 10.2. The van der Waals surface area contributed by atoms with Crippen LogP contribution in [0.2, 0.25) is 0 Å². The third-order valence-electron chi connectivity index (χ3n) is 5.17. The number of furan rings is 1. The van der Waals surface area contributed by atoms with Crippen LogP contribution in [0.4, 0.5) is 5.82 Å².